The average molecular weight is 533 g/mol. The molecule has 0 atom stereocenters. The molecule has 3 heterocycles. The molecular formula is C31H44N6O2. The Kier molecular flexibility index (Phi) is 7.85. The molecule has 1 aliphatic carbocycles. The minimum Gasteiger partial charge on any atom is -0.368 e. The van der Waals surface area contributed by atoms with Crippen LogP contribution in [0.25, 0.3) is 10.9 Å². The third kappa shape index (κ3) is 5.23. The highest BCUT2D eigenvalue weighted by atomic mass is 16.1. The third-order valence-corrected chi connectivity index (χ3v) is 8.99. The molecule has 1 aromatic carbocycles. The normalized spacial score (nSPS) is 20.3. The van der Waals surface area contributed by atoms with Gasteiger partial charge < -0.3 is 15.2 Å². The maximum absolute atomic E-state index is 13.7. The zero-order valence-electron chi connectivity index (χ0n) is 24.4. The lowest BCUT2D eigenvalue weighted by Gasteiger charge is -2.47. The van der Waals surface area contributed by atoms with Gasteiger partial charge in [-0.3, -0.25) is 19.2 Å². The van der Waals surface area contributed by atoms with E-state index in [-0.39, 0.29) is 18.0 Å². The predicted molar refractivity (Wildman–Crippen MR) is 158 cm³/mol. The molecule has 8 nitrogen and oxygen atoms in total. The van der Waals surface area contributed by atoms with Crippen LogP contribution in [0.5, 0.6) is 0 Å². The first-order valence-corrected chi connectivity index (χ1v) is 14.7. The largest absolute Gasteiger partial charge is 0.368 e. The molecule has 210 valence electrons. The van der Waals surface area contributed by atoms with Crippen molar-refractivity contribution in [1.82, 2.24) is 25.0 Å². The summed E-state index contributed by atoms with van der Waals surface area (Å²) in [5.41, 5.74) is 5.99. The smallest absolute Gasteiger partial charge is 0.253 e. The number of hydrogen-bond acceptors (Lipinski definition) is 5. The number of carbonyl (C=O) groups is 1. The number of pyridine rings is 1. The molecule has 2 fully saturated rings. The standard InChI is InChI=1S/C31H44N6O2/c1-7-24-25(30(38)32-15-26-20(4)13-21(5)34-31(26)39)14-28-27(16-33-35(28)6)29(24)37(8-2)23-11-9-22(10-12-23)36-17-19(3)18-36/h13-14,16,19,22-23H,7-12,15,17-18H2,1-6H3,(H,32,38)(H,34,39). The van der Waals surface area contributed by atoms with E-state index in [1.54, 1.807) is 0 Å². The van der Waals surface area contributed by atoms with Crippen LogP contribution in [0.1, 0.15) is 79.2 Å². The summed E-state index contributed by atoms with van der Waals surface area (Å²) >= 11 is 0. The summed E-state index contributed by atoms with van der Waals surface area (Å²) in [6.07, 6.45) is 7.49. The summed E-state index contributed by atoms with van der Waals surface area (Å²) in [5, 5.41) is 8.75. The van der Waals surface area contributed by atoms with E-state index in [9.17, 15) is 9.59 Å². The first-order valence-electron chi connectivity index (χ1n) is 14.7. The Morgan fingerprint density at radius 1 is 1.13 bits per heavy atom. The lowest BCUT2D eigenvalue weighted by molar-refractivity contribution is 0.0410. The second-order valence-electron chi connectivity index (χ2n) is 11.7. The van der Waals surface area contributed by atoms with Gasteiger partial charge in [-0.2, -0.15) is 5.10 Å². The molecule has 1 aliphatic heterocycles. The van der Waals surface area contributed by atoms with E-state index in [1.807, 2.05) is 43.9 Å². The van der Waals surface area contributed by atoms with Crippen LogP contribution >= 0.6 is 0 Å². The minimum absolute atomic E-state index is 0.147. The van der Waals surface area contributed by atoms with Gasteiger partial charge in [-0.25, -0.2) is 0 Å². The highest BCUT2D eigenvalue weighted by Crippen LogP contribution is 2.39. The number of H-pyrrole nitrogens is 1. The summed E-state index contributed by atoms with van der Waals surface area (Å²) in [4.78, 5) is 34.3. The predicted octanol–water partition coefficient (Wildman–Crippen LogP) is 4.46. The van der Waals surface area contributed by atoms with Crippen LogP contribution < -0.4 is 15.8 Å². The van der Waals surface area contributed by atoms with Gasteiger partial charge >= 0.3 is 0 Å². The fraction of sp³-hybridized carbons (Fsp3) is 0.581. The van der Waals surface area contributed by atoms with Crippen molar-refractivity contribution >= 4 is 22.5 Å². The van der Waals surface area contributed by atoms with Crippen molar-refractivity contribution in [2.45, 2.75) is 85.4 Å². The highest BCUT2D eigenvalue weighted by Gasteiger charge is 2.35. The summed E-state index contributed by atoms with van der Waals surface area (Å²) in [7, 11) is 1.93. The van der Waals surface area contributed by atoms with Gasteiger partial charge in [0.05, 0.1) is 17.4 Å². The van der Waals surface area contributed by atoms with Gasteiger partial charge in [-0.1, -0.05) is 13.8 Å². The second kappa shape index (κ2) is 11.2. The van der Waals surface area contributed by atoms with Gasteiger partial charge in [0.1, 0.15) is 0 Å². The summed E-state index contributed by atoms with van der Waals surface area (Å²) in [6, 6.07) is 5.08. The van der Waals surface area contributed by atoms with Crippen molar-refractivity contribution in [3.8, 4) is 0 Å². The molecule has 0 spiro atoms. The maximum Gasteiger partial charge on any atom is 0.253 e. The van der Waals surface area contributed by atoms with Crippen LogP contribution in [-0.2, 0) is 20.0 Å². The van der Waals surface area contributed by atoms with Gasteiger partial charge in [0.2, 0.25) is 0 Å². The van der Waals surface area contributed by atoms with Crippen molar-refractivity contribution in [2.24, 2.45) is 13.0 Å². The quantitative estimate of drug-likeness (QED) is 0.447. The number of rotatable bonds is 8. The topological polar surface area (TPSA) is 86.3 Å². The number of carbonyl (C=O) groups excluding carboxylic acids is 1. The van der Waals surface area contributed by atoms with Gasteiger partial charge in [0.25, 0.3) is 11.5 Å². The van der Waals surface area contributed by atoms with Crippen LogP contribution in [0.15, 0.2) is 23.1 Å². The number of likely N-dealkylation sites (tertiary alicyclic amines) is 1. The van der Waals surface area contributed by atoms with Crippen molar-refractivity contribution in [3.05, 3.63) is 56.6 Å². The minimum atomic E-state index is -0.151. The molecule has 2 aliphatic rings. The number of amides is 1. The molecule has 39 heavy (non-hydrogen) atoms. The molecule has 2 aromatic heterocycles. The molecule has 0 radical (unpaired) electrons. The first kappa shape index (κ1) is 27.4. The van der Waals surface area contributed by atoms with E-state index >= 15 is 0 Å². The van der Waals surface area contributed by atoms with Crippen LogP contribution in [0.4, 0.5) is 5.69 Å². The average Bonchev–Trinajstić information content (AvgIpc) is 3.26. The Morgan fingerprint density at radius 3 is 2.46 bits per heavy atom. The number of aromatic nitrogens is 3. The van der Waals surface area contributed by atoms with Crippen molar-refractivity contribution in [2.75, 3.05) is 24.5 Å². The van der Waals surface area contributed by atoms with Crippen LogP contribution in [0.3, 0.4) is 0 Å². The second-order valence-corrected chi connectivity index (χ2v) is 11.7. The Balaban J connectivity index is 1.45. The van der Waals surface area contributed by atoms with E-state index < -0.39 is 0 Å². The highest BCUT2D eigenvalue weighted by molar-refractivity contribution is 6.05. The van der Waals surface area contributed by atoms with Crippen molar-refractivity contribution in [3.63, 3.8) is 0 Å². The van der Waals surface area contributed by atoms with E-state index in [1.165, 1.54) is 38.8 Å². The number of hydrogen-bond donors (Lipinski definition) is 2. The van der Waals surface area contributed by atoms with E-state index in [0.29, 0.717) is 23.2 Å². The Bertz CT molecular complexity index is 1410. The molecule has 0 unspecified atom stereocenters. The van der Waals surface area contributed by atoms with E-state index in [2.05, 4.69) is 46.0 Å². The van der Waals surface area contributed by atoms with Gasteiger partial charge in [0.15, 0.2) is 0 Å². The molecule has 2 N–H and O–H groups in total. The van der Waals surface area contributed by atoms with Crippen LogP contribution in [0, 0.1) is 19.8 Å². The van der Waals surface area contributed by atoms with Crippen molar-refractivity contribution < 1.29 is 4.79 Å². The molecule has 3 aromatic rings. The van der Waals surface area contributed by atoms with Gasteiger partial charge in [-0.15, -0.1) is 0 Å². The molecule has 1 amide bonds. The molecule has 1 saturated carbocycles. The lowest BCUT2D eigenvalue weighted by Crippen LogP contribution is -2.53. The Morgan fingerprint density at radius 2 is 1.85 bits per heavy atom. The summed E-state index contributed by atoms with van der Waals surface area (Å²) in [5.74, 6) is 0.685. The lowest BCUT2D eigenvalue weighted by atomic mass is 9.85. The fourth-order valence-electron chi connectivity index (χ4n) is 6.95. The molecule has 1 saturated heterocycles. The first-order chi connectivity index (χ1) is 18.7. The SMILES string of the molecule is CCc1c(C(=O)NCc2c(C)cc(C)[nH]c2=O)cc2c(cnn2C)c1N(CC)C1CCC(N2CC(C)C2)CC1. The molecule has 0 bridgehead atoms. The number of fused-ring (bicyclic) bond motifs is 1. The Labute approximate surface area is 231 Å². The van der Waals surface area contributed by atoms with E-state index in [0.717, 1.165) is 52.3 Å². The third-order valence-electron chi connectivity index (χ3n) is 8.99. The summed E-state index contributed by atoms with van der Waals surface area (Å²) < 4.78 is 1.86. The van der Waals surface area contributed by atoms with Gasteiger partial charge in [0, 0.05) is 67.5 Å². The molecule has 5 rings (SSSR count). The number of nitrogens with zero attached hydrogens (tertiary/aromatic N) is 4. The molecule has 8 heteroatoms. The monoisotopic (exact) mass is 532 g/mol. The van der Waals surface area contributed by atoms with E-state index in [4.69, 9.17) is 0 Å². The zero-order valence-corrected chi connectivity index (χ0v) is 24.4. The number of benzene rings is 1. The number of aromatic amines is 1. The van der Waals surface area contributed by atoms with Crippen molar-refractivity contribution in [1.29, 1.82) is 0 Å². The fourth-order valence-corrected chi connectivity index (χ4v) is 6.95. The number of nitrogens with one attached hydrogen (secondary N) is 2. The number of anilines is 1. The zero-order chi connectivity index (χ0) is 27.8. The molecular weight excluding hydrogens is 488 g/mol. The van der Waals surface area contributed by atoms with Crippen LogP contribution in [0.2, 0.25) is 0 Å². The summed E-state index contributed by atoms with van der Waals surface area (Å²) in [6.45, 7) is 14.0. The van der Waals surface area contributed by atoms with Crippen LogP contribution in [-0.4, -0.2) is 57.3 Å². The Hall–Kier alpha value is -3.13. The van der Waals surface area contributed by atoms with Gasteiger partial charge in [-0.05, 0) is 82.1 Å². The maximum atomic E-state index is 13.7. The number of aryl methyl sites for hydroxylation is 3.